The molecule has 1 fully saturated rings. The molecule has 24 heavy (non-hydrogen) atoms. The number of methoxy groups -OCH3 is 3. The van der Waals surface area contributed by atoms with E-state index in [1.54, 1.807) is 43.4 Å². The van der Waals surface area contributed by atoms with Gasteiger partial charge in [0.2, 0.25) is 5.91 Å². The molecule has 1 aromatic rings. The molecule has 130 valence electrons. The zero-order valence-corrected chi connectivity index (χ0v) is 14.3. The highest BCUT2D eigenvalue weighted by atomic mass is 16.5. The Morgan fingerprint density at radius 2 is 1.75 bits per heavy atom. The molecule has 1 atom stereocenters. The van der Waals surface area contributed by atoms with Crippen molar-refractivity contribution in [2.45, 2.75) is 25.3 Å². The Kier molecular flexibility index (Phi) is 6.23. The van der Waals surface area contributed by atoms with Crippen LogP contribution in [0.15, 0.2) is 24.3 Å². The van der Waals surface area contributed by atoms with Crippen molar-refractivity contribution >= 4 is 18.0 Å². The monoisotopic (exact) mass is 333 g/mol. The van der Waals surface area contributed by atoms with Crippen LogP contribution in [-0.4, -0.2) is 50.7 Å². The quantitative estimate of drug-likeness (QED) is 0.611. The second-order valence-corrected chi connectivity index (χ2v) is 5.55. The molecule has 6 heteroatoms. The van der Waals surface area contributed by atoms with E-state index in [1.807, 2.05) is 0 Å². The van der Waals surface area contributed by atoms with Crippen molar-refractivity contribution in [2.24, 2.45) is 0 Å². The second-order valence-electron chi connectivity index (χ2n) is 5.55. The number of ether oxygens (including phenoxy) is 3. The van der Waals surface area contributed by atoms with Gasteiger partial charge >= 0.3 is 5.97 Å². The number of nitrogens with zero attached hydrogens (tertiary/aromatic N) is 1. The summed E-state index contributed by atoms with van der Waals surface area (Å²) in [6.07, 6.45) is 5.60. The highest BCUT2D eigenvalue weighted by Crippen LogP contribution is 2.24. The van der Waals surface area contributed by atoms with Crippen LogP contribution in [0.5, 0.6) is 11.5 Å². The van der Waals surface area contributed by atoms with Gasteiger partial charge in [0.25, 0.3) is 0 Å². The van der Waals surface area contributed by atoms with E-state index < -0.39 is 6.04 Å². The molecule has 1 unspecified atom stereocenters. The number of likely N-dealkylation sites (tertiary alicyclic amines) is 1. The molecular weight excluding hydrogens is 310 g/mol. The maximum atomic E-state index is 12.5. The minimum atomic E-state index is -0.499. The lowest BCUT2D eigenvalue weighted by Gasteiger charge is -2.32. The van der Waals surface area contributed by atoms with E-state index in [2.05, 4.69) is 0 Å². The third-order valence-electron chi connectivity index (χ3n) is 4.05. The summed E-state index contributed by atoms with van der Waals surface area (Å²) in [6, 6.07) is 4.87. The van der Waals surface area contributed by atoms with Crippen LogP contribution in [0.4, 0.5) is 0 Å². The summed E-state index contributed by atoms with van der Waals surface area (Å²) >= 11 is 0. The standard InChI is InChI=1S/C18H23NO5/c1-22-14-10-13(11-15(12-14)23-2)7-8-17(20)19-9-5-4-6-16(19)18(21)24-3/h7-8,10-12,16H,4-6,9H2,1-3H3/b8-7+. The van der Waals surface area contributed by atoms with Gasteiger partial charge in [0.05, 0.1) is 21.3 Å². The van der Waals surface area contributed by atoms with Crippen molar-refractivity contribution in [1.29, 1.82) is 0 Å². The summed E-state index contributed by atoms with van der Waals surface area (Å²) in [5.74, 6) is 0.727. The molecule has 0 aromatic heterocycles. The summed E-state index contributed by atoms with van der Waals surface area (Å²) in [5.41, 5.74) is 0.783. The predicted octanol–water partition coefficient (Wildman–Crippen LogP) is 2.27. The van der Waals surface area contributed by atoms with Gasteiger partial charge in [0.1, 0.15) is 17.5 Å². The second kappa shape index (κ2) is 8.38. The van der Waals surface area contributed by atoms with Crippen LogP contribution in [-0.2, 0) is 14.3 Å². The Labute approximate surface area is 142 Å². The fraction of sp³-hybridized carbons (Fsp3) is 0.444. The number of amides is 1. The van der Waals surface area contributed by atoms with Crippen molar-refractivity contribution in [2.75, 3.05) is 27.9 Å². The number of carbonyl (C=O) groups excluding carboxylic acids is 2. The largest absolute Gasteiger partial charge is 0.497 e. The molecule has 0 aliphatic carbocycles. The number of carbonyl (C=O) groups is 2. The minimum absolute atomic E-state index is 0.202. The Morgan fingerprint density at radius 1 is 1.08 bits per heavy atom. The van der Waals surface area contributed by atoms with E-state index in [0.29, 0.717) is 24.5 Å². The van der Waals surface area contributed by atoms with E-state index in [4.69, 9.17) is 14.2 Å². The maximum absolute atomic E-state index is 12.5. The maximum Gasteiger partial charge on any atom is 0.328 e. The number of benzene rings is 1. The van der Waals surface area contributed by atoms with Crippen LogP contribution in [0, 0.1) is 0 Å². The van der Waals surface area contributed by atoms with Crippen LogP contribution >= 0.6 is 0 Å². The average Bonchev–Trinajstić information content (AvgIpc) is 2.64. The lowest BCUT2D eigenvalue weighted by Crippen LogP contribution is -2.47. The van der Waals surface area contributed by atoms with Crippen LogP contribution in [0.3, 0.4) is 0 Å². The number of hydrogen-bond donors (Lipinski definition) is 0. The van der Waals surface area contributed by atoms with Gasteiger partial charge in [-0.05, 0) is 43.0 Å². The zero-order valence-electron chi connectivity index (χ0n) is 14.3. The van der Waals surface area contributed by atoms with E-state index in [-0.39, 0.29) is 11.9 Å². The van der Waals surface area contributed by atoms with Crippen LogP contribution in [0.1, 0.15) is 24.8 Å². The molecule has 1 heterocycles. The Morgan fingerprint density at radius 3 is 2.33 bits per heavy atom. The first kappa shape index (κ1) is 17.8. The minimum Gasteiger partial charge on any atom is -0.497 e. The van der Waals surface area contributed by atoms with Gasteiger partial charge in [-0.15, -0.1) is 0 Å². The number of rotatable bonds is 5. The molecule has 1 saturated heterocycles. The van der Waals surface area contributed by atoms with Gasteiger partial charge in [-0.25, -0.2) is 4.79 Å². The third-order valence-corrected chi connectivity index (χ3v) is 4.05. The molecule has 1 aliphatic rings. The van der Waals surface area contributed by atoms with Crippen LogP contribution < -0.4 is 9.47 Å². The summed E-state index contributed by atoms with van der Waals surface area (Å²) in [6.45, 7) is 0.560. The summed E-state index contributed by atoms with van der Waals surface area (Å²) in [5, 5.41) is 0. The van der Waals surface area contributed by atoms with E-state index in [1.165, 1.54) is 13.2 Å². The third kappa shape index (κ3) is 4.28. The zero-order chi connectivity index (χ0) is 17.5. The average molecular weight is 333 g/mol. The molecule has 1 amide bonds. The Balaban J connectivity index is 2.15. The molecule has 6 nitrogen and oxygen atoms in total. The molecule has 2 rings (SSSR count). The lowest BCUT2D eigenvalue weighted by molar-refractivity contribution is -0.153. The highest BCUT2D eigenvalue weighted by Gasteiger charge is 2.31. The van der Waals surface area contributed by atoms with Crippen LogP contribution in [0.2, 0.25) is 0 Å². The van der Waals surface area contributed by atoms with Crippen molar-refractivity contribution in [3.63, 3.8) is 0 Å². The number of esters is 1. The van der Waals surface area contributed by atoms with Gasteiger partial charge in [-0.2, -0.15) is 0 Å². The summed E-state index contributed by atoms with van der Waals surface area (Å²) in [4.78, 5) is 25.9. The van der Waals surface area contributed by atoms with Crippen molar-refractivity contribution in [1.82, 2.24) is 4.90 Å². The summed E-state index contributed by atoms with van der Waals surface area (Å²) in [7, 11) is 4.49. The lowest BCUT2D eigenvalue weighted by atomic mass is 10.0. The number of hydrogen-bond acceptors (Lipinski definition) is 5. The first-order chi connectivity index (χ1) is 11.6. The van der Waals surface area contributed by atoms with Gasteiger partial charge < -0.3 is 19.1 Å². The summed E-state index contributed by atoms with van der Waals surface area (Å²) < 4.78 is 15.2. The van der Waals surface area contributed by atoms with Crippen molar-refractivity contribution in [3.8, 4) is 11.5 Å². The molecule has 1 aliphatic heterocycles. The first-order valence-corrected chi connectivity index (χ1v) is 7.88. The van der Waals surface area contributed by atoms with E-state index >= 15 is 0 Å². The van der Waals surface area contributed by atoms with E-state index in [0.717, 1.165) is 18.4 Å². The molecule has 0 N–H and O–H groups in total. The Hall–Kier alpha value is -2.50. The van der Waals surface area contributed by atoms with Crippen molar-refractivity contribution < 1.29 is 23.8 Å². The predicted molar refractivity (Wildman–Crippen MR) is 89.9 cm³/mol. The fourth-order valence-corrected chi connectivity index (χ4v) is 2.77. The van der Waals surface area contributed by atoms with Gasteiger partial charge in [0, 0.05) is 18.7 Å². The fourth-order valence-electron chi connectivity index (χ4n) is 2.77. The number of piperidine rings is 1. The molecule has 0 radical (unpaired) electrons. The van der Waals surface area contributed by atoms with Crippen LogP contribution in [0.25, 0.3) is 6.08 Å². The van der Waals surface area contributed by atoms with Gasteiger partial charge in [-0.1, -0.05) is 0 Å². The van der Waals surface area contributed by atoms with Gasteiger partial charge in [-0.3, -0.25) is 4.79 Å². The van der Waals surface area contributed by atoms with E-state index in [9.17, 15) is 9.59 Å². The highest BCUT2D eigenvalue weighted by molar-refractivity contribution is 5.94. The smallest absolute Gasteiger partial charge is 0.328 e. The molecule has 0 spiro atoms. The molecular formula is C18H23NO5. The molecule has 1 aromatic carbocycles. The van der Waals surface area contributed by atoms with Crippen molar-refractivity contribution in [3.05, 3.63) is 29.8 Å². The molecule has 0 bridgehead atoms. The topological polar surface area (TPSA) is 65.1 Å². The molecule has 0 saturated carbocycles. The normalized spacial score (nSPS) is 17.6. The SMILES string of the molecule is COC(=O)C1CCCCN1C(=O)/C=C/c1cc(OC)cc(OC)c1. The first-order valence-electron chi connectivity index (χ1n) is 7.88. The van der Waals surface area contributed by atoms with Gasteiger partial charge in [0.15, 0.2) is 0 Å². The Bertz CT molecular complexity index is 604.